The van der Waals surface area contributed by atoms with Crippen molar-refractivity contribution in [2.75, 3.05) is 26.2 Å². The van der Waals surface area contributed by atoms with E-state index in [9.17, 15) is 0 Å². The molecule has 0 bridgehead atoms. The quantitative estimate of drug-likeness (QED) is 0.769. The molecule has 0 atom stereocenters. The molecular formula is C13H23ClN2S. The molecule has 1 fully saturated rings. The second kappa shape index (κ2) is 8.92. The lowest BCUT2D eigenvalue weighted by Crippen LogP contribution is -2.22. The van der Waals surface area contributed by atoms with Crippen LogP contribution in [0.15, 0.2) is 16.8 Å². The summed E-state index contributed by atoms with van der Waals surface area (Å²) < 4.78 is 0. The van der Waals surface area contributed by atoms with Crippen LogP contribution in [0, 0.1) is 0 Å². The highest BCUT2D eigenvalue weighted by molar-refractivity contribution is 7.07. The van der Waals surface area contributed by atoms with Crippen molar-refractivity contribution in [3.63, 3.8) is 0 Å². The summed E-state index contributed by atoms with van der Waals surface area (Å²) in [7, 11) is 0. The third-order valence-electron chi connectivity index (χ3n) is 3.19. The third kappa shape index (κ3) is 5.87. The highest BCUT2D eigenvalue weighted by atomic mass is 35.5. The summed E-state index contributed by atoms with van der Waals surface area (Å²) in [5, 5.41) is 7.86. The van der Waals surface area contributed by atoms with Crippen molar-refractivity contribution in [2.45, 2.75) is 32.2 Å². The van der Waals surface area contributed by atoms with E-state index in [-0.39, 0.29) is 12.4 Å². The summed E-state index contributed by atoms with van der Waals surface area (Å²) in [5.41, 5.74) is 1.42. The van der Waals surface area contributed by atoms with Crippen molar-refractivity contribution in [3.05, 3.63) is 22.4 Å². The molecule has 0 aliphatic carbocycles. The Morgan fingerprint density at radius 1 is 1.24 bits per heavy atom. The second-order valence-electron chi connectivity index (χ2n) is 4.56. The van der Waals surface area contributed by atoms with Crippen molar-refractivity contribution in [2.24, 2.45) is 0 Å². The zero-order chi connectivity index (χ0) is 11.1. The standard InChI is InChI=1S/C13H22N2S.ClH/c1(2-7-15-8-3-4-9-15)6-14-11-13-5-10-16-12-13;/h5,10,12,14H,1-4,6-9,11H2;1H. The Balaban J connectivity index is 0.00000144. The lowest BCUT2D eigenvalue weighted by molar-refractivity contribution is 0.329. The van der Waals surface area contributed by atoms with Gasteiger partial charge in [0, 0.05) is 6.54 Å². The van der Waals surface area contributed by atoms with Crippen molar-refractivity contribution in [3.8, 4) is 0 Å². The highest BCUT2D eigenvalue weighted by Gasteiger charge is 2.09. The number of unbranched alkanes of at least 4 members (excludes halogenated alkanes) is 1. The minimum atomic E-state index is 0. The van der Waals surface area contributed by atoms with Gasteiger partial charge in [-0.05, 0) is 74.3 Å². The minimum Gasteiger partial charge on any atom is -0.313 e. The Hall–Kier alpha value is -0.0900. The SMILES string of the molecule is Cl.c1cc(CNCCCCN2CCCC2)cs1. The molecule has 1 saturated heterocycles. The van der Waals surface area contributed by atoms with Crippen molar-refractivity contribution >= 4 is 23.7 Å². The number of likely N-dealkylation sites (tertiary alicyclic amines) is 1. The number of rotatable bonds is 7. The van der Waals surface area contributed by atoms with Gasteiger partial charge in [-0.25, -0.2) is 0 Å². The van der Waals surface area contributed by atoms with Crippen LogP contribution in [-0.4, -0.2) is 31.1 Å². The molecule has 2 rings (SSSR count). The van der Waals surface area contributed by atoms with Gasteiger partial charge >= 0.3 is 0 Å². The molecule has 1 aliphatic rings. The van der Waals surface area contributed by atoms with Gasteiger partial charge in [-0.2, -0.15) is 11.3 Å². The Labute approximate surface area is 115 Å². The zero-order valence-corrected chi connectivity index (χ0v) is 12.0. The molecule has 17 heavy (non-hydrogen) atoms. The van der Waals surface area contributed by atoms with E-state index in [0.29, 0.717) is 0 Å². The molecule has 1 aromatic rings. The van der Waals surface area contributed by atoms with Gasteiger partial charge in [-0.15, -0.1) is 12.4 Å². The molecule has 1 aromatic heterocycles. The first-order chi connectivity index (χ1) is 7.95. The van der Waals surface area contributed by atoms with Crippen molar-refractivity contribution in [1.82, 2.24) is 10.2 Å². The van der Waals surface area contributed by atoms with Crippen molar-refractivity contribution in [1.29, 1.82) is 0 Å². The van der Waals surface area contributed by atoms with E-state index in [0.717, 1.165) is 13.1 Å². The number of thiophene rings is 1. The van der Waals surface area contributed by atoms with Gasteiger partial charge in [0.1, 0.15) is 0 Å². The van der Waals surface area contributed by atoms with Crippen LogP contribution in [0.5, 0.6) is 0 Å². The predicted octanol–water partition coefficient (Wildman–Crippen LogP) is 3.14. The summed E-state index contributed by atoms with van der Waals surface area (Å²) in [6, 6.07) is 2.20. The fourth-order valence-corrected chi connectivity index (χ4v) is 2.89. The molecule has 2 heterocycles. The normalized spacial score (nSPS) is 16.0. The lowest BCUT2D eigenvalue weighted by Gasteiger charge is -2.13. The van der Waals surface area contributed by atoms with E-state index in [1.54, 1.807) is 11.3 Å². The van der Waals surface area contributed by atoms with Gasteiger partial charge in [0.05, 0.1) is 0 Å². The van der Waals surface area contributed by atoms with E-state index >= 15 is 0 Å². The monoisotopic (exact) mass is 274 g/mol. The van der Waals surface area contributed by atoms with Gasteiger partial charge in [-0.3, -0.25) is 0 Å². The maximum absolute atomic E-state index is 3.50. The first-order valence-corrected chi connectivity index (χ1v) is 7.33. The maximum atomic E-state index is 3.50. The molecule has 4 heteroatoms. The van der Waals surface area contributed by atoms with E-state index in [1.165, 1.54) is 50.9 Å². The van der Waals surface area contributed by atoms with E-state index in [2.05, 4.69) is 27.0 Å². The first kappa shape index (κ1) is 15.0. The fourth-order valence-electron chi connectivity index (χ4n) is 2.22. The van der Waals surface area contributed by atoms with Crippen LogP contribution in [0.4, 0.5) is 0 Å². The highest BCUT2D eigenvalue weighted by Crippen LogP contribution is 2.08. The largest absolute Gasteiger partial charge is 0.313 e. The average Bonchev–Trinajstić information content (AvgIpc) is 2.96. The van der Waals surface area contributed by atoms with Crippen LogP contribution in [-0.2, 0) is 6.54 Å². The summed E-state index contributed by atoms with van der Waals surface area (Å²) >= 11 is 1.78. The van der Waals surface area contributed by atoms with Crippen LogP contribution in [0.25, 0.3) is 0 Å². The topological polar surface area (TPSA) is 15.3 Å². The van der Waals surface area contributed by atoms with Crippen LogP contribution >= 0.6 is 23.7 Å². The Morgan fingerprint density at radius 3 is 2.76 bits per heavy atom. The molecular weight excluding hydrogens is 252 g/mol. The molecule has 0 saturated carbocycles. The second-order valence-corrected chi connectivity index (χ2v) is 5.34. The number of nitrogens with one attached hydrogen (secondary N) is 1. The average molecular weight is 275 g/mol. The van der Waals surface area contributed by atoms with Crippen LogP contribution < -0.4 is 5.32 Å². The van der Waals surface area contributed by atoms with Gasteiger partial charge in [0.25, 0.3) is 0 Å². The molecule has 0 spiro atoms. The molecule has 98 valence electrons. The third-order valence-corrected chi connectivity index (χ3v) is 3.92. The Morgan fingerprint density at radius 2 is 2.06 bits per heavy atom. The number of halogens is 1. The molecule has 2 nitrogen and oxygen atoms in total. The van der Waals surface area contributed by atoms with Gasteiger partial charge in [0.15, 0.2) is 0 Å². The summed E-state index contributed by atoms with van der Waals surface area (Å²) in [4.78, 5) is 2.60. The molecule has 0 aromatic carbocycles. The van der Waals surface area contributed by atoms with Crippen molar-refractivity contribution < 1.29 is 0 Å². The van der Waals surface area contributed by atoms with Gasteiger partial charge < -0.3 is 10.2 Å². The molecule has 0 radical (unpaired) electrons. The predicted molar refractivity (Wildman–Crippen MR) is 78.2 cm³/mol. The molecule has 1 aliphatic heterocycles. The minimum absolute atomic E-state index is 0. The smallest absolute Gasteiger partial charge is 0.0213 e. The number of hydrogen-bond donors (Lipinski definition) is 1. The van der Waals surface area contributed by atoms with Crippen LogP contribution in [0.2, 0.25) is 0 Å². The summed E-state index contributed by atoms with van der Waals surface area (Å²) in [6.07, 6.45) is 5.48. The molecule has 1 N–H and O–H groups in total. The fraction of sp³-hybridized carbons (Fsp3) is 0.692. The Kier molecular flexibility index (Phi) is 7.86. The van der Waals surface area contributed by atoms with E-state index in [1.807, 2.05) is 0 Å². The van der Waals surface area contributed by atoms with Gasteiger partial charge in [0.2, 0.25) is 0 Å². The Bertz CT molecular complexity index is 271. The zero-order valence-electron chi connectivity index (χ0n) is 10.4. The number of hydrogen-bond acceptors (Lipinski definition) is 3. The van der Waals surface area contributed by atoms with Crippen LogP contribution in [0.1, 0.15) is 31.2 Å². The number of nitrogens with zero attached hydrogens (tertiary/aromatic N) is 1. The van der Waals surface area contributed by atoms with E-state index in [4.69, 9.17) is 0 Å². The maximum Gasteiger partial charge on any atom is 0.0213 e. The molecule has 0 unspecified atom stereocenters. The summed E-state index contributed by atoms with van der Waals surface area (Å²) in [5.74, 6) is 0. The van der Waals surface area contributed by atoms with Gasteiger partial charge in [-0.1, -0.05) is 0 Å². The molecule has 0 amide bonds. The van der Waals surface area contributed by atoms with E-state index < -0.39 is 0 Å². The summed E-state index contributed by atoms with van der Waals surface area (Å²) in [6.45, 7) is 6.17. The lowest BCUT2D eigenvalue weighted by atomic mass is 10.3. The van der Waals surface area contributed by atoms with Crippen LogP contribution in [0.3, 0.4) is 0 Å². The first-order valence-electron chi connectivity index (χ1n) is 6.39.